The van der Waals surface area contributed by atoms with Gasteiger partial charge in [0.15, 0.2) is 5.78 Å². The molecule has 2 aromatic carbocycles. The molecule has 1 atom stereocenters. The van der Waals surface area contributed by atoms with Crippen molar-refractivity contribution in [3.8, 4) is 11.5 Å². The maximum atomic E-state index is 12.8. The van der Waals surface area contributed by atoms with Gasteiger partial charge in [-0.15, -0.1) is 0 Å². The van der Waals surface area contributed by atoms with Gasteiger partial charge in [-0.05, 0) is 31.5 Å². The lowest BCUT2D eigenvalue weighted by molar-refractivity contribution is 0.0932. The number of ether oxygens (including phenoxy) is 2. The van der Waals surface area contributed by atoms with E-state index in [1.165, 1.54) is 0 Å². The summed E-state index contributed by atoms with van der Waals surface area (Å²) >= 11 is 0. The molecule has 0 amide bonds. The Morgan fingerprint density at radius 1 is 1.24 bits per heavy atom. The highest BCUT2D eigenvalue weighted by molar-refractivity contribution is 6.01. The second kappa shape index (κ2) is 6.00. The van der Waals surface area contributed by atoms with E-state index in [0.29, 0.717) is 25.2 Å². The summed E-state index contributed by atoms with van der Waals surface area (Å²) in [5.74, 6) is 1.56. The van der Waals surface area contributed by atoms with Crippen LogP contribution in [0.25, 0.3) is 0 Å². The van der Waals surface area contributed by atoms with Gasteiger partial charge in [-0.1, -0.05) is 30.3 Å². The molecule has 0 fully saturated rings. The smallest absolute Gasteiger partial charge is 0.170 e. The van der Waals surface area contributed by atoms with Gasteiger partial charge < -0.3 is 9.47 Å². The fourth-order valence-corrected chi connectivity index (χ4v) is 2.72. The summed E-state index contributed by atoms with van der Waals surface area (Å²) in [5, 5.41) is 0. The second-order valence-corrected chi connectivity index (χ2v) is 5.05. The van der Waals surface area contributed by atoms with E-state index in [1.807, 2.05) is 55.5 Å². The molecule has 0 bridgehead atoms. The first-order chi connectivity index (χ1) is 10.3. The maximum Gasteiger partial charge on any atom is 0.170 e. The van der Waals surface area contributed by atoms with Crippen molar-refractivity contribution in [3.05, 3.63) is 59.7 Å². The minimum atomic E-state index is -0.133. The third-order valence-corrected chi connectivity index (χ3v) is 3.70. The van der Waals surface area contributed by atoms with E-state index >= 15 is 0 Å². The average Bonchev–Trinajstić information content (AvgIpc) is 2.54. The Morgan fingerprint density at radius 3 is 2.95 bits per heavy atom. The number of Topliss-reactive ketones (excluding diaryl/α,β-unsaturated/α-hetero) is 1. The predicted molar refractivity (Wildman–Crippen MR) is 81.2 cm³/mol. The van der Waals surface area contributed by atoms with Gasteiger partial charge in [0, 0.05) is 11.1 Å². The lowest BCUT2D eigenvalue weighted by Crippen LogP contribution is -2.21. The quantitative estimate of drug-likeness (QED) is 0.799. The number of benzene rings is 2. The summed E-state index contributed by atoms with van der Waals surface area (Å²) < 4.78 is 11.1. The topological polar surface area (TPSA) is 35.5 Å². The Labute approximate surface area is 124 Å². The minimum absolute atomic E-state index is 0.132. The van der Waals surface area contributed by atoms with Crippen LogP contribution in [0.3, 0.4) is 0 Å². The number of ketones is 1. The maximum absolute atomic E-state index is 12.8. The Bertz CT molecular complexity index is 648. The third kappa shape index (κ3) is 2.77. The summed E-state index contributed by atoms with van der Waals surface area (Å²) in [6.07, 6.45) is 0.717. The van der Waals surface area contributed by atoms with Crippen LogP contribution in [-0.2, 0) is 0 Å². The minimum Gasteiger partial charge on any atom is -0.494 e. The normalized spacial score (nSPS) is 16.7. The zero-order chi connectivity index (χ0) is 14.7. The molecular formula is C18H18O3. The summed E-state index contributed by atoms with van der Waals surface area (Å²) in [7, 11) is 0. The molecule has 3 heteroatoms. The average molecular weight is 282 g/mol. The van der Waals surface area contributed by atoms with Crippen molar-refractivity contribution >= 4 is 5.78 Å². The molecule has 2 aromatic rings. The van der Waals surface area contributed by atoms with Crippen molar-refractivity contribution in [1.29, 1.82) is 0 Å². The SMILES string of the molecule is CCOc1cccc(C(=O)C2CCOc3ccccc32)c1. The van der Waals surface area contributed by atoms with Gasteiger partial charge in [0.2, 0.25) is 0 Å². The van der Waals surface area contributed by atoms with Crippen molar-refractivity contribution in [2.24, 2.45) is 0 Å². The molecule has 108 valence electrons. The van der Waals surface area contributed by atoms with Gasteiger partial charge in [0.1, 0.15) is 11.5 Å². The molecule has 1 heterocycles. The van der Waals surface area contributed by atoms with E-state index in [2.05, 4.69) is 0 Å². The Balaban J connectivity index is 1.91. The van der Waals surface area contributed by atoms with Crippen LogP contribution in [0.5, 0.6) is 11.5 Å². The van der Waals surface area contributed by atoms with Gasteiger partial charge in [0.25, 0.3) is 0 Å². The highest BCUT2D eigenvalue weighted by atomic mass is 16.5. The predicted octanol–water partition coefficient (Wildman–Crippen LogP) is 3.83. The number of rotatable bonds is 4. The Kier molecular flexibility index (Phi) is 3.91. The summed E-state index contributed by atoms with van der Waals surface area (Å²) in [4.78, 5) is 12.8. The lowest BCUT2D eigenvalue weighted by Gasteiger charge is -2.25. The van der Waals surface area contributed by atoms with Crippen molar-refractivity contribution in [2.45, 2.75) is 19.3 Å². The molecule has 0 spiro atoms. The Hall–Kier alpha value is -2.29. The van der Waals surface area contributed by atoms with Crippen LogP contribution in [0, 0.1) is 0 Å². The molecule has 21 heavy (non-hydrogen) atoms. The first-order valence-corrected chi connectivity index (χ1v) is 7.28. The summed E-state index contributed by atoms with van der Waals surface area (Å²) in [5.41, 5.74) is 1.68. The molecule has 0 aliphatic carbocycles. The monoisotopic (exact) mass is 282 g/mol. The van der Waals surface area contributed by atoms with E-state index in [9.17, 15) is 4.79 Å². The van der Waals surface area contributed by atoms with Crippen molar-refractivity contribution in [2.75, 3.05) is 13.2 Å². The second-order valence-electron chi connectivity index (χ2n) is 5.05. The molecule has 0 radical (unpaired) electrons. The van der Waals surface area contributed by atoms with E-state index in [-0.39, 0.29) is 11.7 Å². The highest BCUT2D eigenvalue weighted by Gasteiger charge is 2.28. The van der Waals surface area contributed by atoms with Gasteiger partial charge in [-0.2, -0.15) is 0 Å². The van der Waals surface area contributed by atoms with Crippen LogP contribution < -0.4 is 9.47 Å². The zero-order valence-corrected chi connectivity index (χ0v) is 12.0. The van der Waals surface area contributed by atoms with Crippen molar-refractivity contribution in [1.82, 2.24) is 0 Å². The number of carbonyl (C=O) groups excluding carboxylic acids is 1. The lowest BCUT2D eigenvalue weighted by atomic mass is 9.86. The fourth-order valence-electron chi connectivity index (χ4n) is 2.72. The Morgan fingerprint density at radius 2 is 2.10 bits per heavy atom. The van der Waals surface area contributed by atoms with E-state index in [1.54, 1.807) is 0 Å². The summed E-state index contributed by atoms with van der Waals surface area (Å²) in [6.45, 7) is 3.11. The van der Waals surface area contributed by atoms with Crippen LogP contribution in [0.2, 0.25) is 0 Å². The fraction of sp³-hybridized carbons (Fsp3) is 0.278. The standard InChI is InChI=1S/C18H18O3/c1-2-20-14-7-5-6-13(12-14)18(19)16-10-11-21-17-9-4-3-8-15(16)17/h3-9,12,16H,2,10-11H2,1H3. The van der Waals surface area contributed by atoms with Gasteiger partial charge in [-0.25, -0.2) is 0 Å². The largest absolute Gasteiger partial charge is 0.494 e. The highest BCUT2D eigenvalue weighted by Crippen LogP contribution is 2.35. The van der Waals surface area contributed by atoms with Gasteiger partial charge in [0.05, 0.1) is 19.1 Å². The van der Waals surface area contributed by atoms with Crippen LogP contribution in [0.4, 0.5) is 0 Å². The van der Waals surface area contributed by atoms with Crippen molar-refractivity contribution in [3.63, 3.8) is 0 Å². The molecular weight excluding hydrogens is 264 g/mol. The van der Waals surface area contributed by atoms with E-state index in [0.717, 1.165) is 17.1 Å². The number of fused-ring (bicyclic) bond motifs is 1. The molecule has 1 aliphatic heterocycles. The molecule has 3 rings (SSSR count). The van der Waals surface area contributed by atoms with Gasteiger partial charge in [-0.3, -0.25) is 4.79 Å². The van der Waals surface area contributed by atoms with Crippen LogP contribution >= 0.6 is 0 Å². The molecule has 0 saturated carbocycles. The van der Waals surface area contributed by atoms with E-state index < -0.39 is 0 Å². The molecule has 3 nitrogen and oxygen atoms in total. The number of hydrogen-bond acceptors (Lipinski definition) is 3. The number of para-hydroxylation sites is 1. The molecule has 0 N–H and O–H groups in total. The summed E-state index contributed by atoms with van der Waals surface area (Å²) in [6, 6.07) is 15.2. The molecule has 1 unspecified atom stereocenters. The van der Waals surface area contributed by atoms with E-state index in [4.69, 9.17) is 9.47 Å². The molecule has 0 aromatic heterocycles. The first-order valence-electron chi connectivity index (χ1n) is 7.28. The molecule has 1 aliphatic rings. The van der Waals surface area contributed by atoms with Crippen LogP contribution in [-0.4, -0.2) is 19.0 Å². The van der Waals surface area contributed by atoms with Crippen LogP contribution in [0.1, 0.15) is 35.2 Å². The van der Waals surface area contributed by atoms with Crippen LogP contribution in [0.15, 0.2) is 48.5 Å². The molecule has 0 saturated heterocycles. The number of hydrogen-bond donors (Lipinski definition) is 0. The first kappa shape index (κ1) is 13.7. The number of carbonyl (C=O) groups is 1. The van der Waals surface area contributed by atoms with Crippen molar-refractivity contribution < 1.29 is 14.3 Å². The third-order valence-electron chi connectivity index (χ3n) is 3.70. The van der Waals surface area contributed by atoms with Gasteiger partial charge >= 0.3 is 0 Å². The zero-order valence-electron chi connectivity index (χ0n) is 12.0.